The fourth-order valence-corrected chi connectivity index (χ4v) is 3.78. The van der Waals surface area contributed by atoms with E-state index >= 15 is 0 Å². The van der Waals surface area contributed by atoms with Gasteiger partial charge in [-0.15, -0.1) is 0 Å². The number of nitrogens with one attached hydrogen (secondary N) is 2. The standard InChI is InChI=1S/C22H26N6O5S.C2H6/c1-13-18(21(31)32-11-4-3-9-23)34-22(25-13)27-17(29)8-10-24-20(30)16-7-5-6-15(12-16)19-26-14(2)33-28-19;1-2/h5-7,12H,3-4,8-11,23H2,1-2H3,(H,24,30)(H,25,27,29);1-2H3. The number of esters is 1. The molecule has 36 heavy (non-hydrogen) atoms. The Bertz CT molecular complexity index is 1160. The number of carbonyl (C=O) groups is 3. The van der Waals surface area contributed by atoms with Crippen LogP contribution in [0.1, 0.15) is 64.7 Å². The number of aromatic nitrogens is 3. The molecular formula is C24H32N6O5S. The molecular weight excluding hydrogens is 484 g/mol. The molecule has 0 saturated carbocycles. The number of amides is 2. The predicted molar refractivity (Wildman–Crippen MR) is 137 cm³/mol. The van der Waals surface area contributed by atoms with E-state index in [4.69, 9.17) is 15.0 Å². The van der Waals surface area contributed by atoms with Gasteiger partial charge in [0, 0.05) is 31.0 Å². The van der Waals surface area contributed by atoms with Gasteiger partial charge in [-0.2, -0.15) is 4.98 Å². The smallest absolute Gasteiger partial charge is 0.350 e. The maximum Gasteiger partial charge on any atom is 0.350 e. The Kier molecular flexibility index (Phi) is 11.7. The molecule has 0 aliphatic heterocycles. The van der Waals surface area contributed by atoms with Gasteiger partial charge in [-0.05, 0) is 38.4 Å². The van der Waals surface area contributed by atoms with Gasteiger partial charge in [-0.25, -0.2) is 9.78 Å². The summed E-state index contributed by atoms with van der Waals surface area (Å²) in [6, 6.07) is 6.79. The third-order valence-electron chi connectivity index (χ3n) is 4.61. The van der Waals surface area contributed by atoms with Crippen LogP contribution in [0, 0.1) is 13.8 Å². The van der Waals surface area contributed by atoms with Crippen molar-refractivity contribution >= 4 is 34.3 Å². The molecule has 4 N–H and O–H groups in total. The van der Waals surface area contributed by atoms with Crippen LogP contribution in [0.5, 0.6) is 0 Å². The van der Waals surface area contributed by atoms with Crippen LogP contribution in [0.4, 0.5) is 5.13 Å². The molecule has 0 fully saturated rings. The van der Waals surface area contributed by atoms with E-state index in [-0.39, 0.29) is 31.4 Å². The van der Waals surface area contributed by atoms with Crippen molar-refractivity contribution in [3.05, 3.63) is 46.3 Å². The van der Waals surface area contributed by atoms with Gasteiger partial charge in [-0.3, -0.25) is 9.59 Å². The Morgan fingerprint density at radius 1 is 1.14 bits per heavy atom. The van der Waals surface area contributed by atoms with Crippen molar-refractivity contribution < 1.29 is 23.6 Å². The monoisotopic (exact) mass is 516 g/mol. The summed E-state index contributed by atoms with van der Waals surface area (Å²) < 4.78 is 10.2. The number of unbranched alkanes of at least 4 members (excludes halogenated alkanes) is 1. The Labute approximate surface area is 213 Å². The molecule has 0 saturated heterocycles. The average molecular weight is 517 g/mol. The molecule has 3 aromatic rings. The van der Waals surface area contributed by atoms with Gasteiger partial charge in [-0.1, -0.05) is 42.5 Å². The molecule has 0 unspecified atom stereocenters. The van der Waals surface area contributed by atoms with E-state index in [0.29, 0.717) is 51.5 Å². The molecule has 0 aliphatic rings. The Morgan fingerprint density at radius 2 is 1.92 bits per heavy atom. The number of nitrogens with zero attached hydrogens (tertiary/aromatic N) is 3. The van der Waals surface area contributed by atoms with E-state index in [0.717, 1.165) is 17.8 Å². The molecule has 1 aromatic carbocycles. The van der Waals surface area contributed by atoms with E-state index in [1.807, 2.05) is 13.8 Å². The summed E-state index contributed by atoms with van der Waals surface area (Å²) in [4.78, 5) is 45.6. The maximum atomic E-state index is 12.4. The molecule has 194 valence electrons. The van der Waals surface area contributed by atoms with Crippen molar-refractivity contribution in [3.63, 3.8) is 0 Å². The van der Waals surface area contributed by atoms with Gasteiger partial charge in [0.05, 0.1) is 12.3 Å². The lowest BCUT2D eigenvalue weighted by Gasteiger charge is -2.06. The highest BCUT2D eigenvalue weighted by Gasteiger charge is 2.18. The van der Waals surface area contributed by atoms with Gasteiger partial charge < -0.3 is 25.6 Å². The quantitative estimate of drug-likeness (QED) is 0.256. The third-order valence-corrected chi connectivity index (χ3v) is 5.66. The van der Waals surface area contributed by atoms with E-state index in [2.05, 4.69) is 25.8 Å². The minimum absolute atomic E-state index is 0.0347. The SMILES string of the molecule is CC.Cc1nc(-c2cccc(C(=O)NCCC(=O)Nc3nc(C)c(C(=O)OCCCCN)s3)c2)no1. The second-order valence-corrected chi connectivity index (χ2v) is 8.34. The second-order valence-electron chi connectivity index (χ2n) is 7.34. The predicted octanol–water partition coefficient (Wildman–Crippen LogP) is 3.49. The number of hydrogen-bond donors (Lipinski definition) is 3. The molecule has 11 nitrogen and oxygen atoms in total. The molecule has 0 bridgehead atoms. The average Bonchev–Trinajstić information content (AvgIpc) is 3.48. The van der Waals surface area contributed by atoms with Crippen LogP contribution in [0.25, 0.3) is 11.4 Å². The van der Waals surface area contributed by atoms with Crippen molar-refractivity contribution in [2.45, 2.75) is 47.0 Å². The number of nitrogens with two attached hydrogens (primary N) is 1. The first-order chi connectivity index (χ1) is 17.4. The van der Waals surface area contributed by atoms with Crippen LogP contribution in [-0.4, -0.2) is 52.6 Å². The van der Waals surface area contributed by atoms with Crippen molar-refractivity contribution in [2.24, 2.45) is 5.73 Å². The molecule has 12 heteroatoms. The van der Waals surface area contributed by atoms with E-state index < -0.39 is 5.97 Å². The molecule has 3 rings (SSSR count). The van der Waals surface area contributed by atoms with Crippen LogP contribution >= 0.6 is 11.3 Å². The fourth-order valence-electron chi connectivity index (χ4n) is 2.91. The number of ether oxygens (including phenoxy) is 1. The zero-order valence-corrected chi connectivity index (χ0v) is 21.7. The topological polar surface area (TPSA) is 162 Å². The number of rotatable bonds is 11. The van der Waals surface area contributed by atoms with E-state index in [1.54, 1.807) is 38.1 Å². The molecule has 2 heterocycles. The lowest BCUT2D eigenvalue weighted by Crippen LogP contribution is -2.27. The van der Waals surface area contributed by atoms with Gasteiger partial charge in [0.15, 0.2) is 5.13 Å². The summed E-state index contributed by atoms with van der Waals surface area (Å²) in [5.74, 6) is -0.326. The fraction of sp³-hybridized carbons (Fsp3) is 0.417. The number of aryl methyl sites for hydroxylation is 2. The Balaban J connectivity index is 0.00000222. The zero-order valence-electron chi connectivity index (χ0n) is 20.9. The third kappa shape index (κ3) is 8.54. The van der Waals surface area contributed by atoms with Crippen LogP contribution < -0.4 is 16.4 Å². The highest BCUT2D eigenvalue weighted by molar-refractivity contribution is 7.17. The zero-order chi connectivity index (χ0) is 26.5. The van der Waals surface area contributed by atoms with Gasteiger partial charge in [0.25, 0.3) is 5.91 Å². The van der Waals surface area contributed by atoms with Crippen molar-refractivity contribution in [1.29, 1.82) is 0 Å². The number of carbonyl (C=O) groups excluding carboxylic acids is 3. The molecule has 2 aromatic heterocycles. The Morgan fingerprint density at radius 3 is 2.61 bits per heavy atom. The number of thiazole rings is 1. The molecule has 0 aliphatic carbocycles. The minimum atomic E-state index is -0.474. The van der Waals surface area contributed by atoms with Crippen LogP contribution in [-0.2, 0) is 9.53 Å². The Hall–Kier alpha value is -3.64. The summed E-state index contributed by atoms with van der Waals surface area (Å²) in [6.07, 6.45) is 1.50. The first-order valence-corrected chi connectivity index (χ1v) is 12.5. The van der Waals surface area contributed by atoms with Gasteiger partial charge >= 0.3 is 5.97 Å². The first-order valence-electron chi connectivity index (χ1n) is 11.7. The number of benzene rings is 1. The highest BCUT2D eigenvalue weighted by atomic mass is 32.1. The highest BCUT2D eigenvalue weighted by Crippen LogP contribution is 2.23. The largest absolute Gasteiger partial charge is 0.461 e. The van der Waals surface area contributed by atoms with Gasteiger partial charge in [0.1, 0.15) is 4.88 Å². The van der Waals surface area contributed by atoms with E-state index in [9.17, 15) is 14.4 Å². The number of anilines is 1. The summed E-state index contributed by atoms with van der Waals surface area (Å²) in [5, 5.41) is 9.49. The van der Waals surface area contributed by atoms with Crippen LogP contribution in [0.2, 0.25) is 0 Å². The van der Waals surface area contributed by atoms with Crippen LogP contribution in [0.3, 0.4) is 0 Å². The van der Waals surface area contributed by atoms with Crippen LogP contribution in [0.15, 0.2) is 28.8 Å². The first kappa shape index (κ1) is 28.6. The summed E-state index contributed by atoms with van der Waals surface area (Å²) in [7, 11) is 0. The maximum absolute atomic E-state index is 12.4. The van der Waals surface area contributed by atoms with Crippen molar-refractivity contribution in [1.82, 2.24) is 20.4 Å². The molecule has 0 atom stereocenters. The lowest BCUT2D eigenvalue weighted by molar-refractivity contribution is -0.116. The van der Waals surface area contributed by atoms with E-state index in [1.165, 1.54) is 0 Å². The minimum Gasteiger partial charge on any atom is -0.461 e. The molecule has 2 amide bonds. The number of hydrogen-bond acceptors (Lipinski definition) is 10. The normalized spacial score (nSPS) is 10.2. The summed E-state index contributed by atoms with van der Waals surface area (Å²) in [5.41, 5.74) is 6.96. The summed E-state index contributed by atoms with van der Waals surface area (Å²) in [6.45, 7) is 8.30. The summed E-state index contributed by atoms with van der Waals surface area (Å²) >= 11 is 1.05. The van der Waals surface area contributed by atoms with Crippen molar-refractivity contribution in [2.75, 3.05) is 25.0 Å². The molecule has 0 radical (unpaired) electrons. The van der Waals surface area contributed by atoms with Crippen molar-refractivity contribution in [3.8, 4) is 11.4 Å². The lowest BCUT2D eigenvalue weighted by atomic mass is 10.1. The molecule has 0 spiro atoms. The van der Waals surface area contributed by atoms with Gasteiger partial charge in [0.2, 0.25) is 17.6 Å². The second kappa shape index (κ2) is 14.7.